The quantitative estimate of drug-likeness (QED) is 0.528. The number of nitrogens with one attached hydrogen (secondary N) is 1. The van der Waals surface area contributed by atoms with E-state index in [1.165, 1.54) is 10.8 Å². The molecule has 1 heterocycles. The van der Waals surface area contributed by atoms with Gasteiger partial charge in [0.25, 0.3) is 0 Å². The Hall–Kier alpha value is -3.07. The van der Waals surface area contributed by atoms with Crippen molar-refractivity contribution in [2.75, 3.05) is 5.32 Å². The fourth-order valence-corrected chi connectivity index (χ4v) is 3.14. The molecule has 1 N–H and O–H groups in total. The Morgan fingerprint density at radius 3 is 2.60 bits per heavy atom. The van der Waals surface area contributed by atoms with E-state index >= 15 is 0 Å². The molecule has 0 saturated heterocycles. The van der Waals surface area contributed by atoms with E-state index in [4.69, 9.17) is 4.42 Å². The van der Waals surface area contributed by atoms with Crippen LogP contribution in [0.25, 0.3) is 21.7 Å². The van der Waals surface area contributed by atoms with Crippen molar-refractivity contribution < 1.29 is 4.42 Å². The van der Waals surface area contributed by atoms with Crippen molar-refractivity contribution in [2.24, 2.45) is 0 Å². The standard InChI is InChI=1S/C22H19NO2/c1-2-15-7-10-20-18(13-22(24)25-21(20)11-15)14-23-19-9-8-16-5-3-4-6-17(16)12-19/h3-13,23H,2,14H2,1H3. The topological polar surface area (TPSA) is 42.2 Å². The second-order valence-electron chi connectivity index (χ2n) is 6.19. The average Bonchev–Trinajstić information content (AvgIpc) is 2.65. The molecule has 0 amide bonds. The summed E-state index contributed by atoms with van der Waals surface area (Å²) in [4.78, 5) is 11.9. The van der Waals surface area contributed by atoms with E-state index in [9.17, 15) is 4.79 Å². The maximum atomic E-state index is 11.9. The summed E-state index contributed by atoms with van der Waals surface area (Å²) < 4.78 is 5.37. The molecule has 0 fully saturated rings. The van der Waals surface area contributed by atoms with E-state index in [1.54, 1.807) is 6.07 Å². The van der Waals surface area contributed by atoms with Gasteiger partial charge in [0.1, 0.15) is 5.58 Å². The van der Waals surface area contributed by atoms with Crippen LogP contribution in [-0.2, 0) is 13.0 Å². The zero-order valence-electron chi connectivity index (χ0n) is 14.1. The van der Waals surface area contributed by atoms with Crippen molar-refractivity contribution in [1.29, 1.82) is 0 Å². The summed E-state index contributed by atoms with van der Waals surface area (Å²) in [5.41, 5.74) is 3.49. The van der Waals surface area contributed by atoms with Gasteiger partial charge in [0.05, 0.1) is 0 Å². The molecule has 4 rings (SSSR count). The van der Waals surface area contributed by atoms with Crippen molar-refractivity contribution in [3.63, 3.8) is 0 Å². The van der Waals surface area contributed by atoms with Crippen LogP contribution in [-0.4, -0.2) is 0 Å². The summed E-state index contributed by atoms with van der Waals surface area (Å²) in [7, 11) is 0. The Morgan fingerprint density at radius 2 is 1.76 bits per heavy atom. The van der Waals surface area contributed by atoms with Crippen LogP contribution in [0.1, 0.15) is 18.1 Å². The van der Waals surface area contributed by atoms with Gasteiger partial charge in [-0.1, -0.05) is 49.4 Å². The van der Waals surface area contributed by atoms with Crippen LogP contribution in [0.3, 0.4) is 0 Å². The Balaban J connectivity index is 1.66. The molecule has 0 saturated carbocycles. The van der Waals surface area contributed by atoms with Crippen LogP contribution in [0.2, 0.25) is 0 Å². The van der Waals surface area contributed by atoms with Gasteiger partial charge in [-0.25, -0.2) is 4.79 Å². The van der Waals surface area contributed by atoms with E-state index in [-0.39, 0.29) is 5.63 Å². The smallest absolute Gasteiger partial charge is 0.336 e. The Labute approximate surface area is 145 Å². The molecule has 4 aromatic rings. The first-order valence-corrected chi connectivity index (χ1v) is 8.51. The normalized spacial score (nSPS) is 11.1. The lowest BCUT2D eigenvalue weighted by Crippen LogP contribution is -2.06. The second-order valence-corrected chi connectivity index (χ2v) is 6.19. The lowest BCUT2D eigenvalue weighted by molar-refractivity contribution is 0.559. The van der Waals surface area contributed by atoms with E-state index in [2.05, 4.69) is 48.6 Å². The molecule has 3 nitrogen and oxygen atoms in total. The molecule has 0 aliphatic carbocycles. The predicted octanol–water partition coefficient (Wildman–Crippen LogP) is 5.12. The lowest BCUT2D eigenvalue weighted by Gasteiger charge is -2.10. The van der Waals surface area contributed by atoms with Gasteiger partial charge >= 0.3 is 5.63 Å². The lowest BCUT2D eigenvalue weighted by atomic mass is 10.1. The fourth-order valence-electron chi connectivity index (χ4n) is 3.14. The fraction of sp³-hybridized carbons (Fsp3) is 0.136. The maximum Gasteiger partial charge on any atom is 0.336 e. The minimum Gasteiger partial charge on any atom is -0.423 e. The molecule has 0 bridgehead atoms. The monoisotopic (exact) mass is 329 g/mol. The summed E-state index contributed by atoms with van der Waals surface area (Å²) >= 11 is 0. The van der Waals surface area contributed by atoms with Crippen LogP contribution in [0.15, 0.2) is 75.9 Å². The van der Waals surface area contributed by atoms with Crippen molar-refractivity contribution >= 4 is 27.4 Å². The molecular formula is C22H19NO2. The molecular weight excluding hydrogens is 310 g/mol. The second kappa shape index (κ2) is 6.44. The van der Waals surface area contributed by atoms with Crippen molar-refractivity contribution in [1.82, 2.24) is 0 Å². The molecule has 124 valence electrons. The van der Waals surface area contributed by atoms with Gasteiger partial charge in [-0.15, -0.1) is 0 Å². The molecule has 3 heteroatoms. The predicted molar refractivity (Wildman–Crippen MR) is 103 cm³/mol. The minimum absolute atomic E-state index is 0.309. The molecule has 1 aromatic heterocycles. The summed E-state index contributed by atoms with van der Waals surface area (Å²) in [6.45, 7) is 2.66. The third kappa shape index (κ3) is 3.13. The van der Waals surface area contributed by atoms with Gasteiger partial charge in [-0.2, -0.15) is 0 Å². The first-order valence-electron chi connectivity index (χ1n) is 8.51. The molecule has 3 aromatic carbocycles. The summed E-state index contributed by atoms with van der Waals surface area (Å²) in [5, 5.41) is 6.80. The van der Waals surface area contributed by atoms with Gasteiger partial charge in [-0.3, -0.25) is 0 Å². The third-order valence-corrected chi connectivity index (χ3v) is 4.54. The first-order chi connectivity index (χ1) is 12.2. The first kappa shape index (κ1) is 15.5. The van der Waals surface area contributed by atoms with Gasteiger partial charge in [-0.05, 0) is 46.5 Å². The molecule has 0 aliphatic heterocycles. The van der Waals surface area contributed by atoms with Crippen LogP contribution in [0.5, 0.6) is 0 Å². The molecule has 0 radical (unpaired) electrons. The highest BCUT2D eigenvalue weighted by Gasteiger charge is 2.07. The van der Waals surface area contributed by atoms with E-state index in [0.717, 1.165) is 28.6 Å². The maximum absolute atomic E-state index is 11.9. The molecule has 0 spiro atoms. The molecule has 0 aliphatic rings. The Morgan fingerprint density at radius 1 is 0.920 bits per heavy atom. The largest absolute Gasteiger partial charge is 0.423 e. The van der Waals surface area contributed by atoms with Crippen molar-refractivity contribution in [3.05, 3.63) is 88.3 Å². The Bertz CT molecular complexity index is 1110. The third-order valence-electron chi connectivity index (χ3n) is 4.54. The van der Waals surface area contributed by atoms with Crippen molar-refractivity contribution in [3.8, 4) is 0 Å². The van der Waals surface area contributed by atoms with Gasteiger partial charge in [0, 0.05) is 23.7 Å². The molecule has 0 atom stereocenters. The zero-order chi connectivity index (χ0) is 17.2. The summed E-state index contributed by atoms with van der Waals surface area (Å²) in [6.07, 6.45) is 0.916. The number of aryl methyl sites for hydroxylation is 1. The highest BCUT2D eigenvalue weighted by atomic mass is 16.4. The highest BCUT2D eigenvalue weighted by Crippen LogP contribution is 2.22. The summed E-state index contributed by atoms with van der Waals surface area (Å²) in [6, 6.07) is 22.2. The Kier molecular flexibility index (Phi) is 3.98. The van der Waals surface area contributed by atoms with Crippen LogP contribution in [0, 0.1) is 0 Å². The van der Waals surface area contributed by atoms with E-state index in [1.807, 2.05) is 24.3 Å². The van der Waals surface area contributed by atoms with Gasteiger partial charge in [0.15, 0.2) is 0 Å². The van der Waals surface area contributed by atoms with Gasteiger partial charge in [0.2, 0.25) is 0 Å². The van der Waals surface area contributed by atoms with Crippen LogP contribution < -0.4 is 10.9 Å². The minimum atomic E-state index is -0.309. The number of benzene rings is 3. The van der Waals surface area contributed by atoms with Crippen LogP contribution in [0.4, 0.5) is 5.69 Å². The molecule has 25 heavy (non-hydrogen) atoms. The highest BCUT2D eigenvalue weighted by molar-refractivity contribution is 5.86. The SMILES string of the molecule is CCc1ccc2c(CNc3ccc4ccccc4c3)cc(=O)oc2c1. The van der Waals surface area contributed by atoms with Crippen LogP contribution >= 0.6 is 0 Å². The van der Waals surface area contributed by atoms with Gasteiger partial charge < -0.3 is 9.73 Å². The average molecular weight is 329 g/mol. The number of rotatable bonds is 4. The van der Waals surface area contributed by atoms with E-state index < -0.39 is 0 Å². The van der Waals surface area contributed by atoms with E-state index in [0.29, 0.717) is 12.1 Å². The summed E-state index contributed by atoms with van der Waals surface area (Å²) in [5.74, 6) is 0. The zero-order valence-corrected chi connectivity index (χ0v) is 14.1. The number of anilines is 1. The number of fused-ring (bicyclic) bond motifs is 2. The number of hydrogen-bond acceptors (Lipinski definition) is 3. The molecule has 0 unspecified atom stereocenters. The van der Waals surface area contributed by atoms with Crippen molar-refractivity contribution in [2.45, 2.75) is 19.9 Å². The number of hydrogen-bond donors (Lipinski definition) is 1.